The molecule has 1 unspecified atom stereocenters. The van der Waals surface area contributed by atoms with Crippen molar-refractivity contribution in [2.45, 2.75) is 59.9 Å². The molecule has 1 aromatic rings. The van der Waals surface area contributed by atoms with Gasteiger partial charge in [0, 0.05) is 0 Å². The van der Waals surface area contributed by atoms with Crippen LogP contribution >= 0.6 is 0 Å². The zero-order chi connectivity index (χ0) is 19.9. The zero-order valence-corrected chi connectivity index (χ0v) is 22.2. The van der Waals surface area contributed by atoms with Gasteiger partial charge in [0.05, 0.1) is 0 Å². The van der Waals surface area contributed by atoms with E-state index in [4.69, 9.17) is 0 Å². The fraction of sp³-hybridized carbons (Fsp3) is 0.520. The van der Waals surface area contributed by atoms with E-state index in [9.17, 15) is 0 Å². The number of fused-ring (bicyclic) bond motifs is 1. The number of hydrogen-bond acceptors (Lipinski definition) is 0. The summed E-state index contributed by atoms with van der Waals surface area (Å²) >= 11 is -5.53. The second-order valence-corrected chi connectivity index (χ2v) is 129. The van der Waals surface area contributed by atoms with E-state index in [1.807, 2.05) is 0 Å². The summed E-state index contributed by atoms with van der Waals surface area (Å²) < 4.78 is 19.4. The van der Waals surface area contributed by atoms with Crippen molar-refractivity contribution < 1.29 is 12.6 Å². The molecule has 0 saturated heterocycles. The molecular weight excluding hydrogens is 479 g/mol. The molecule has 1 heteroatoms. The van der Waals surface area contributed by atoms with Crippen molar-refractivity contribution in [1.82, 2.24) is 0 Å². The molecule has 0 spiro atoms. The average molecular weight is 520 g/mol. The van der Waals surface area contributed by atoms with E-state index in [-0.39, 0.29) is 3.17 Å². The summed E-state index contributed by atoms with van der Waals surface area (Å²) in [6.07, 6.45) is 15.7. The van der Waals surface area contributed by atoms with Crippen LogP contribution in [0.5, 0.6) is 0 Å². The monoisotopic (exact) mass is 521 g/mol. The van der Waals surface area contributed by atoms with Crippen LogP contribution in [0.15, 0.2) is 54.6 Å². The molecule has 3 rings (SSSR count). The summed E-state index contributed by atoms with van der Waals surface area (Å²) in [7, 11) is 0. The molecule has 0 aliphatic heterocycles. The predicted molar refractivity (Wildman–Crippen MR) is 120 cm³/mol. The summed E-state index contributed by atoms with van der Waals surface area (Å²) in [5, 5.41) is 0. The van der Waals surface area contributed by atoms with Gasteiger partial charge in [-0.25, -0.2) is 0 Å². The third kappa shape index (κ3) is 2.10. The van der Waals surface area contributed by atoms with Gasteiger partial charge in [-0.3, -0.25) is 0 Å². The quantitative estimate of drug-likeness (QED) is 0.348. The number of rotatable bonds is 4. The molecule has 2 aliphatic rings. The summed E-state index contributed by atoms with van der Waals surface area (Å²) in [4.78, 5) is 0. The molecule has 0 nitrogen and oxygen atoms in total. The Hall–Kier alpha value is -0.690. The van der Waals surface area contributed by atoms with Crippen LogP contribution in [0.1, 0.15) is 31.4 Å². The van der Waals surface area contributed by atoms with Crippen molar-refractivity contribution in [3.05, 3.63) is 65.8 Å². The van der Waals surface area contributed by atoms with Crippen molar-refractivity contribution in [3.63, 3.8) is 0 Å². The van der Waals surface area contributed by atoms with E-state index in [2.05, 4.69) is 107 Å². The van der Waals surface area contributed by atoms with E-state index in [0.717, 1.165) is 6.42 Å². The van der Waals surface area contributed by atoms with Crippen LogP contribution in [0.4, 0.5) is 0 Å². The Balaban J connectivity index is 2.65. The van der Waals surface area contributed by atoms with Gasteiger partial charge in [-0.1, -0.05) is 0 Å². The maximum absolute atomic E-state index is 5.53. The third-order valence-corrected chi connectivity index (χ3v) is 55.3. The Morgan fingerprint density at radius 2 is 1.42 bits per heavy atom. The van der Waals surface area contributed by atoms with E-state index < -0.39 is 12.6 Å². The van der Waals surface area contributed by atoms with Crippen LogP contribution in [0, 0.1) is 5.92 Å². The van der Waals surface area contributed by atoms with E-state index in [0.29, 0.717) is 9.59 Å². The Kier molecular flexibility index (Phi) is 2.46. The predicted octanol–water partition coefficient (Wildman–Crippen LogP) is 9.04. The van der Waals surface area contributed by atoms with Crippen LogP contribution < -0.4 is 0 Å². The summed E-state index contributed by atoms with van der Waals surface area (Å²) in [6.45, 7) is 4.77. The SMILES string of the molecule is CC(C)C[C]1([Hf]([CH3])([CH3])([CH3])([CH3])([CH3])([CH3])([CH3])[CH]2C=CC=C2)C=Cc2ccccc21. The molecule has 0 fully saturated rings. The summed E-state index contributed by atoms with van der Waals surface area (Å²) in [5.74, 6) is 0.610. The van der Waals surface area contributed by atoms with Gasteiger partial charge in [0.2, 0.25) is 0 Å². The van der Waals surface area contributed by atoms with Crippen LogP contribution in [-0.4, -0.2) is 0 Å². The van der Waals surface area contributed by atoms with Gasteiger partial charge in [0.25, 0.3) is 0 Å². The number of hydrogen-bond donors (Lipinski definition) is 0. The Morgan fingerprint density at radius 1 is 0.885 bits per heavy atom. The third-order valence-electron chi connectivity index (χ3n) is 9.35. The first-order valence-corrected chi connectivity index (χ1v) is 39.6. The van der Waals surface area contributed by atoms with Gasteiger partial charge in [-0.05, 0) is 0 Å². The van der Waals surface area contributed by atoms with Gasteiger partial charge in [-0.15, -0.1) is 0 Å². The topological polar surface area (TPSA) is 0 Å². The van der Waals surface area contributed by atoms with Crippen molar-refractivity contribution >= 4 is 6.08 Å². The van der Waals surface area contributed by atoms with Gasteiger partial charge in [0.1, 0.15) is 0 Å². The van der Waals surface area contributed by atoms with Gasteiger partial charge >= 0.3 is 150 Å². The van der Waals surface area contributed by atoms with Crippen LogP contribution in [0.25, 0.3) is 6.08 Å². The van der Waals surface area contributed by atoms with Crippen molar-refractivity contribution in [2.24, 2.45) is 5.92 Å². The number of allylic oxidation sites excluding steroid dienone is 5. The van der Waals surface area contributed by atoms with Gasteiger partial charge in [0.15, 0.2) is 0 Å². The molecule has 145 valence electrons. The minimum atomic E-state index is -5.53. The fourth-order valence-electron chi connectivity index (χ4n) is 6.79. The molecule has 26 heavy (non-hydrogen) atoms. The standard InChI is InChI=1S/C13H15.C5H5.7CH3.Hf/c1-10(2)9-12-8-7-11-5-3-4-6-13(11)12;1-2-4-5-3-1;;;;;;;;/h3-8,10H,9H2,1-2H3;1-5H;7*1H3;. The molecule has 0 amide bonds. The molecule has 1 aromatic carbocycles. The van der Waals surface area contributed by atoms with Gasteiger partial charge < -0.3 is 0 Å². The first-order valence-electron chi connectivity index (χ1n) is 10.6. The summed E-state index contributed by atoms with van der Waals surface area (Å²) in [6, 6.07) is 9.12. The van der Waals surface area contributed by atoms with Crippen LogP contribution in [-0.2, 0) is 15.8 Å². The van der Waals surface area contributed by atoms with Gasteiger partial charge in [-0.2, -0.15) is 0 Å². The first-order chi connectivity index (χ1) is 11.1. The molecule has 0 radical (unpaired) electrons. The molecule has 1 atom stereocenters. The fourth-order valence-corrected chi connectivity index (χ4v) is 40.1. The Labute approximate surface area is 149 Å². The molecule has 0 bridgehead atoms. The van der Waals surface area contributed by atoms with Crippen molar-refractivity contribution in [3.8, 4) is 0 Å². The molecule has 0 heterocycles. The molecule has 2 aliphatic carbocycles. The van der Waals surface area contributed by atoms with Crippen molar-refractivity contribution in [2.75, 3.05) is 0 Å². The Bertz CT molecular complexity index is 934. The molecule has 0 aromatic heterocycles. The minimum absolute atomic E-state index is 0.0179. The van der Waals surface area contributed by atoms with E-state index in [1.54, 1.807) is 0 Å². The second-order valence-electron chi connectivity index (χ2n) is 20.2. The Morgan fingerprint density at radius 3 is 1.96 bits per heavy atom. The van der Waals surface area contributed by atoms with Crippen molar-refractivity contribution in [1.29, 1.82) is 0 Å². The molecule has 0 saturated carbocycles. The first kappa shape index (κ1) is 20.1. The van der Waals surface area contributed by atoms with Crippen LogP contribution in [0.3, 0.4) is 0 Å². The zero-order valence-electron chi connectivity index (χ0n) is 18.6. The average Bonchev–Trinajstić information content (AvgIpc) is 3.06. The second kappa shape index (κ2) is 3.19. The van der Waals surface area contributed by atoms with E-state index >= 15 is 0 Å². The summed E-state index contributed by atoms with van der Waals surface area (Å²) in [5.41, 5.74) is 2.93. The molecule has 0 N–H and O–H groups in total. The normalized spacial score (nSPS) is 30.8. The van der Waals surface area contributed by atoms with Crippen LogP contribution in [0.2, 0.25) is 36.4 Å². The van der Waals surface area contributed by atoms with E-state index in [1.165, 1.54) is 11.1 Å². The maximum atomic E-state index is 2.71. The molecular formula is C25H41Hf. The number of benzene rings is 1.